The second-order valence-corrected chi connectivity index (χ2v) is 8.18. The van der Waals surface area contributed by atoms with Crippen LogP contribution in [0.15, 0.2) is 0 Å². The van der Waals surface area contributed by atoms with Crippen molar-refractivity contribution in [1.29, 1.82) is 0 Å². The lowest BCUT2D eigenvalue weighted by Gasteiger charge is -2.29. The standard InChI is InChI=1S/C17H30N2O6/c1-16(2,3)24-15(22)19-10-12(8-13(19)14(21)23-7)9-18(11-20)25-17(4,5)6/h11-13H,8-10H2,1-7H3/t12?,13-/m0/s1. The molecule has 1 aliphatic heterocycles. The van der Waals surface area contributed by atoms with Crippen LogP contribution in [-0.4, -0.2) is 65.9 Å². The molecule has 0 aromatic heterocycles. The van der Waals surface area contributed by atoms with Crippen LogP contribution in [0.1, 0.15) is 48.0 Å². The molecule has 1 unspecified atom stereocenters. The van der Waals surface area contributed by atoms with Crippen molar-refractivity contribution in [1.82, 2.24) is 9.96 Å². The van der Waals surface area contributed by atoms with E-state index in [4.69, 9.17) is 14.3 Å². The molecule has 0 saturated carbocycles. The Morgan fingerprint density at radius 1 is 1.16 bits per heavy atom. The quantitative estimate of drug-likeness (QED) is 0.424. The second-order valence-electron chi connectivity index (χ2n) is 8.18. The highest BCUT2D eigenvalue weighted by molar-refractivity contribution is 5.82. The van der Waals surface area contributed by atoms with E-state index < -0.39 is 29.3 Å². The number of carbonyl (C=O) groups excluding carboxylic acids is 3. The van der Waals surface area contributed by atoms with Crippen LogP contribution >= 0.6 is 0 Å². The Kier molecular flexibility index (Phi) is 6.82. The van der Waals surface area contributed by atoms with Gasteiger partial charge in [0.05, 0.1) is 19.3 Å². The first kappa shape index (κ1) is 21.2. The summed E-state index contributed by atoms with van der Waals surface area (Å²) in [5.74, 6) is -0.619. The maximum absolute atomic E-state index is 12.4. The van der Waals surface area contributed by atoms with Crippen LogP contribution in [0, 0.1) is 5.92 Å². The zero-order valence-electron chi connectivity index (χ0n) is 16.2. The van der Waals surface area contributed by atoms with E-state index in [-0.39, 0.29) is 19.0 Å². The van der Waals surface area contributed by atoms with Crippen molar-refractivity contribution in [3.05, 3.63) is 0 Å². The summed E-state index contributed by atoms with van der Waals surface area (Å²) in [6.07, 6.45) is 0.415. The lowest BCUT2D eigenvalue weighted by molar-refractivity contribution is -0.219. The maximum Gasteiger partial charge on any atom is 0.411 e. The molecule has 1 heterocycles. The SMILES string of the molecule is COC(=O)[C@@H]1CC(CN(C=O)OC(C)(C)C)CN1C(=O)OC(C)(C)C. The number of ether oxygens (including phenoxy) is 2. The van der Waals surface area contributed by atoms with Crippen molar-refractivity contribution >= 4 is 18.5 Å². The molecular formula is C17H30N2O6. The van der Waals surface area contributed by atoms with E-state index in [0.717, 1.165) is 0 Å². The first-order valence-corrected chi connectivity index (χ1v) is 8.35. The van der Waals surface area contributed by atoms with Gasteiger partial charge in [0.1, 0.15) is 11.6 Å². The summed E-state index contributed by atoms with van der Waals surface area (Å²) in [5.41, 5.74) is -1.19. The van der Waals surface area contributed by atoms with Crippen molar-refractivity contribution in [2.24, 2.45) is 5.92 Å². The Balaban J connectivity index is 2.84. The summed E-state index contributed by atoms with van der Waals surface area (Å²) in [7, 11) is 1.28. The van der Waals surface area contributed by atoms with Gasteiger partial charge in [-0.3, -0.25) is 14.5 Å². The van der Waals surface area contributed by atoms with Gasteiger partial charge in [-0.05, 0) is 53.9 Å². The predicted molar refractivity (Wildman–Crippen MR) is 90.5 cm³/mol. The molecule has 1 aliphatic rings. The number of carbonyl (C=O) groups is 3. The van der Waals surface area contributed by atoms with Crippen LogP contribution < -0.4 is 0 Å². The second kappa shape index (κ2) is 8.03. The largest absolute Gasteiger partial charge is 0.467 e. The molecule has 0 radical (unpaired) electrons. The van der Waals surface area contributed by atoms with Crippen molar-refractivity contribution in [2.45, 2.75) is 65.2 Å². The lowest BCUT2D eigenvalue weighted by atomic mass is 10.1. The zero-order chi connectivity index (χ0) is 19.4. The number of likely N-dealkylation sites (tertiary alicyclic amines) is 1. The number of amides is 2. The third-order valence-corrected chi connectivity index (χ3v) is 3.44. The van der Waals surface area contributed by atoms with Gasteiger partial charge in [0, 0.05) is 6.54 Å². The average Bonchev–Trinajstić information content (AvgIpc) is 2.86. The summed E-state index contributed by atoms with van der Waals surface area (Å²) in [6.45, 7) is 11.3. The highest BCUT2D eigenvalue weighted by atomic mass is 16.7. The summed E-state index contributed by atoms with van der Waals surface area (Å²) < 4.78 is 10.2. The van der Waals surface area contributed by atoms with E-state index >= 15 is 0 Å². The molecule has 25 heavy (non-hydrogen) atoms. The molecule has 2 amide bonds. The Hall–Kier alpha value is -1.83. The average molecular weight is 358 g/mol. The number of hydrogen-bond acceptors (Lipinski definition) is 6. The molecule has 0 aromatic carbocycles. The van der Waals surface area contributed by atoms with E-state index in [1.807, 2.05) is 20.8 Å². The van der Waals surface area contributed by atoms with Crippen molar-refractivity contribution in [2.75, 3.05) is 20.2 Å². The molecule has 1 fully saturated rings. The molecule has 1 saturated heterocycles. The van der Waals surface area contributed by atoms with Crippen molar-refractivity contribution in [3.8, 4) is 0 Å². The van der Waals surface area contributed by atoms with Gasteiger partial charge in [0.2, 0.25) is 6.41 Å². The molecule has 8 nitrogen and oxygen atoms in total. The third-order valence-electron chi connectivity index (χ3n) is 3.44. The minimum atomic E-state index is -0.729. The van der Waals surface area contributed by atoms with Gasteiger partial charge in [-0.2, -0.15) is 0 Å². The predicted octanol–water partition coefficient (Wildman–Crippen LogP) is 1.97. The van der Waals surface area contributed by atoms with Crippen LogP contribution in [0.3, 0.4) is 0 Å². The molecule has 1 rings (SSSR count). The molecule has 0 bridgehead atoms. The number of methoxy groups -OCH3 is 1. The minimum absolute atomic E-state index is 0.121. The number of hydroxylamine groups is 2. The van der Waals surface area contributed by atoms with Gasteiger partial charge < -0.3 is 9.47 Å². The van der Waals surface area contributed by atoms with Gasteiger partial charge in [-0.1, -0.05) is 0 Å². The van der Waals surface area contributed by atoms with E-state index in [1.54, 1.807) is 20.8 Å². The molecule has 0 spiro atoms. The molecular weight excluding hydrogens is 328 g/mol. The molecule has 8 heteroatoms. The fourth-order valence-electron chi connectivity index (χ4n) is 2.65. The molecule has 0 aliphatic carbocycles. The Morgan fingerprint density at radius 2 is 1.76 bits per heavy atom. The fraction of sp³-hybridized carbons (Fsp3) is 0.824. The Bertz CT molecular complexity index is 494. The summed E-state index contributed by atoms with van der Waals surface area (Å²) in [4.78, 5) is 42.6. The smallest absolute Gasteiger partial charge is 0.411 e. The first-order chi connectivity index (χ1) is 11.4. The summed E-state index contributed by atoms with van der Waals surface area (Å²) in [5, 5.41) is 1.21. The number of rotatable bonds is 5. The van der Waals surface area contributed by atoms with E-state index in [1.165, 1.54) is 17.1 Å². The van der Waals surface area contributed by atoms with Crippen LogP contribution in [0.25, 0.3) is 0 Å². The van der Waals surface area contributed by atoms with E-state index in [2.05, 4.69) is 0 Å². The van der Waals surface area contributed by atoms with Crippen LogP contribution in [0.4, 0.5) is 4.79 Å². The van der Waals surface area contributed by atoms with E-state index in [0.29, 0.717) is 12.8 Å². The molecule has 2 atom stereocenters. The summed E-state index contributed by atoms with van der Waals surface area (Å²) in [6, 6.07) is -0.729. The first-order valence-electron chi connectivity index (χ1n) is 8.35. The number of hydrogen-bond donors (Lipinski definition) is 0. The van der Waals surface area contributed by atoms with Gasteiger partial charge in [-0.15, -0.1) is 0 Å². The van der Waals surface area contributed by atoms with Crippen LogP contribution in [0.5, 0.6) is 0 Å². The van der Waals surface area contributed by atoms with Crippen LogP contribution in [0.2, 0.25) is 0 Å². The monoisotopic (exact) mass is 358 g/mol. The van der Waals surface area contributed by atoms with Gasteiger partial charge >= 0.3 is 12.1 Å². The topological polar surface area (TPSA) is 85.4 Å². The van der Waals surface area contributed by atoms with E-state index in [9.17, 15) is 14.4 Å². The fourth-order valence-corrected chi connectivity index (χ4v) is 2.65. The summed E-state index contributed by atoms with van der Waals surface area (Å²) >= 11 is 0. The van der Waals surface area contributed by atoms with Gasteiger partial charge in [0.25, 0.3) is 0 Å². The Labute approximate surface area is 149 Å². The van der Waals surface area contributed by atoms with Crippen LogP contribution in [-0.2, 0) is 23.9 Å². The highest BCUT2D eigenvalue weighted by Crippen LogP contribution is 2.27. The lowest BCUT2D eigenvalue weighted by Crippen LogP contribution is -2.44. The normalized spacial score (nSPS) is 21.0. The molecule has 0 aromatic rings. The van der Waals surface area contributed by atoms with Crippen molar-refractivity contribution in [3.63, 3.8) is 0 Å². The third kappa shape index (κ3) is 6.89. The zero-order valence-corrected chi connectivity index (χ0v) is 16.2. The number of nitrogens with zero attached hydrogens (tertiary/aromatic N) is 2. The molecule has 144 valence electrons. The minimum Gasteiger partial charge on any atom is -0.467 e. The van der Waals surface area contributed by atoms with Crippen molar-refractivity contribution < 1.29 is 28.7 Å². The maximum atomic E-state index is 12.4. The molecule has 0 N–H and O–H groups in total. The highest BCUT2D eigenvalue weighted by Gasteiger charge is 2.42. The van der Waals surface area contributed by atoms with Gasteiger partial charge in [-0.25, -0.2) is 14.7 Å². The number of esters is 1. The van der Waals surface area contributed by atoms with Gasteiger partial charge in [0.15, 0.2) is 0 Å². The Morgan fingerprint density at radius 3 is 2.20 bits per heavy atom.